The van der Waals surface area contributed by atoms with E-state index in [1.54, 1.807) is 6.08 Å². The smallest absolute Gasteiger partial charge is 0.109 e. The summed E-state index contributed by atoms with van der Waals surface area (Å²) in [5.41, 5.74) is 1.82. The average Bonchev–Trinajstić information content (AvgIpc) is 2.56. The van der Waals surface area contributed by atoms with Crippen LogP contribution in [-0.2, 0) is 0 Å². The van der Waals surface area contributed by atoms with Gasteiger partial charge in [-0.3, -0.25) is 0 Å². The van der Waals surface area contributed by atoms with Gasteiger partial charge in [-0.2, -0.15) is 0 Å². The Kier molecular flexibility index (Phi) is 2.25. The predicted octanol–water partition coefficient (Wildman–Crippen LogP) is 4.01. The standard InChI is InChI=1S/C20H14O2/c21-17-9-8-14-15-7-6-12-3-1-2-11-4-5-13(19(15)18(11)12)10-16(14)20(17)22/h1-10,17,20-22H/t17-,20-/m1/s1/i5+1,7+1. The van der Waals surface area contributed by atoms with Crippen LogP contribution in [-0.4, -0.2) is 16.3 Å². The maximum atomic E-state index is 10.3. The first-order valence-corrected chi connectivity index (χ1v) is 7.49. The number of fused-ring (bicyclic) bond motifs is 2. The minimum Gasteiger partial charge on any atom is -0.386 e. The Bertz CT molecular complexity index is 1050. The first-order valence-electron chi connectivity index (χ1n) is 7.49. The summed E-state index contributed by atoms with van der Waals surface area (Å²) in [6, 6.07) is 16.8. The van der Waals surface area contributed by atoms with E-state index in [-0.39, 0.29) is 0 Å². The van der Waals surface area contributed by atoms with Crippen LogP contribution < -0.4 is 0 Å². The molecule has 0 saturated heterocycles. The highest BCUT2D eigenvalue weighted by atomic mass is 16.3. The molecule has 0 bridgehead atoms. The van der Waals surface area contributed by atoms with Gasteiger partial charge in [-0.05, 0) is 49.5 Å². The largest absolute Gasteiger partial charge is 0.386 e. The summed E-state index contributed by atoms with van der Waals surface area (Å²) in [5, 5.41) is 27.4. The highest BCUT2D eigenvalue weighted by Gasteiger charge is 2.25. The first-order chi connectivity index (χ1) is 10.7. The molecular weight excluding hydrogens is 274 g/mol. The zero-order valence-electron chi connectivity index (χ0n) is 11.8. The van der Waals surface area contributed by atoms with Gasteiger partial charge in [0.25, 0.3) is 0 Å². The van der Waals surface area contributed by atoms with Crippen molar-refractivity contribution >= 4 is 38.4 Å². The Hall–Kier alpha value is -2.42. The lowest BCUT2D eigenvalue weighted by Crippen LogP contribution is -2.19. The number of rotatable bonds is 0. The molecule has 4 aromatic carbocycles. The Labute approximate surface area is 127 Å². The van der Waals surface area contributed by atoms with Gasteiger partial charge in [0, 0.05) is 0 Å². The van der Waals surface area contributed by atoms with Gasteiger partial charge in [0.1, 0.15) is 12.2 Å². The van der Waals surface area contributed by atoms with Crippen molar-refractivity contribution in [2.75, 3.05) is 0 Å². The third-order valence-corrected chi connectivity index (χ3v) is 4.82. The fourth-order valence-corrected chi connectivity index (χ4v) is 3.77. The van der Waals surface area contributed by atoms with Crippen LogP contribution in [0, 0.1) is 0 Å². The van der Waals surface area contributed by atoms with Crippen LogP contribution in [0.1, 0.15) is 17.2 Å². The number of hydrogen-bond acceptors (Lipinski definition) is 2. The molecule has 0 fully saturated rings. The molecule has 0 aromatic heterocycles. The van der Waals surface area contributed by atoms with E-state index in [0.29, 0.717) is 0 Å². The Morgan fingerprint density at radius 1 is 0.773 bits per heavy atom. The molecule has 0 unspecified atom stereocenters. The molecular formula is C20H14O2. The fourth-order valence-electron chi connectivity index (χ4n) is 3.77. The third kappa shape index (κ3) is 1.41. The molecule has 0 amide bonds. The summed E-state index contributed by atoms with van der Waals surface area (Å²) in [6.45, 7) is 0. The molecule has 2 atom stereocenters. The quantitative estimate of drug-likeness (QED) is 0.480. The lowest BCUT2D eigenvalue weighted by molar-refractivity contribution is 0.0472. The van der Waals surface area contributed by atoms with E-state index in [1.807, 2.05) is 12.1 Å². The Morgan fingerprint density at radius 3 is 2.32 bits per heavy atom. The van der Waals surface area contributed by atoms with Crippen molar-refractivity contribution < 1.29 is 10.2 Å². The SMILES string of the molecule is O[C@@H]1C=Cc2c(cc3[13cH]cc4cccc5c[13cH]c2c3c45)[C@H]1O. The second-order valence-electron chi connectivity index (χ2n) is 6.03. The number of aliphatic hydroxyl groups is 2. The van der Waals surface area contributed by atoms with E-state index in [0.717, 1.165) is 21.9 Å². The summed E-state index contributed by atoms with van der Waals surface area (Å²) in [6.07, 6.45) is 1.91. The summed E-state index contributed by atoms with van der Waals surface area (Å²) in [5.74, 6) is 0. The van der Waals surface area contributed by atoms with E-state index in [9.17, 15) is 10.2 Å². The molecule has 22 heavy (non-hydrogen) atoms. The Morgan fingerprint density at radius 2 is 1.50 bits per heavy atom. The third-order valence-electron chi connectivity index (χ3n) is 4.82. The van der Waals surface area contributed by atoms with Crippen molar-refractivity contribution in [3.05, 3.63) is 65.7 Å². The molecule has 106 valence electrons. The van der Waals surface area contributed by atoms with Crippen molar-refractivity contribution in [2.24, 2.45) is 0 Å². The first kappa shape index (κ1) is 12.2. The highest BCUT2D eigenvalue weighted by molar-refractivity contribution is 6.24. The topological polar surface area (TPSA) is 40.5 Å². The van der Waals surface area contributed by atoms with Gasteiger partial charge in [-0.25, -0.2) is 0 Å². The van der Waals surface area contributed by atoms with Crippen molar-refractivity contribution in [1.29, 1.82) is 0 Å². The number of benzene rings is 4. The molecule has 2 N–H and O–H groups in total. The zero-order chi connectivity index (χ0) is 14.8. The van der Waals surface area contributed by atoms with Gasteiger partial charge in [-0.15, -0.1) is 0 Å². The van der Waals surface area contributed by atoms with Gasteiger partial charge in [0.15, 0.2) is 0 Å². The molecule has 5 rings (SSSR count). The maximum Gasteiger partial charge on any atom is 0.109 e. The van der Waals surface area contributed by atoms with Crippen LogP contribution in [0.5, 0.6) is 0 Å². The van der Waals surface area contributed by atoms with Crippen LogP contribution in [0.4, 0.5) is 0 Å². The van der Waals surface area contributed by atoms with Crippen LogP contribution in [0.2, 0.25) is 0 Å². The van der Waals surface area contributed by atoms with Gasteiger partial charge in [0.05, 0.1) is 0 Å². The minimum atomic E-state index is -0.859. The van der Waals surface area contributed by atoms with Crippen LogP contribution >= 0.6 is 0 Å². The van der Waals surface area contributed by atoms with Crippen LogP contribution in [0.25, 0.3) is 38.4 Å². The van der Waals surface area contributed by atoms with E-state index >= 15 is 0 Å². The zero-order valence-corrected chi connectivity index (χ0v) is 11.8. The lowest BCUT2D eigenvalue weighted by atomic mass is 9.87. The van der Waals surface area contributed by atoms with E-state index < -0.39 is 12.2 Å². The van der Waals surface area contributed by atoms with Crippen molar-refractivity contribution in [1.82, 2.24) is 0 Å². The molecule has 1 aliphatic carbocycles. The molecule has 0 aliphatic heterocycles. The van der Waals surface area contributed by atoms with E-state index in [4.69, 9.17) is 0 Å². The normalized spacial score (nSPS) is 21.0. The van der Waals surface area contributed by atoms with Crippen LogP contribution in [0.15, 0.2) is 54.6 Å². The molecule has 4 aromatic rings. The Balaban J connectivity index is 2.05. The summed E-state index contributed by atoms with van der Waals surface area (Å²) >= 11 is 0. The van der Waals surface area contributed by atoms with Crippen molar-refractivity contribution in [3.63, 3.8) is 0 Å². The lowest BCUT2D eigenvalue weighted by Gasteiger charge is -2.24. The second-order valence-corrected chi connectivity index (χ2v) is 6.03. The second kappa shape index (κ2) is 4.07. The van der Waals surface area contributed by atoms with Crippen molar-refractivity contribution in [2.45, 2.75) is 12.2 Å². The molecule has 2 heteroatoms. The summed E-state index contributed by atoms with van der Waals surface area (Å²) in [7, 11) is 0. The molecule has 0 heterocycles. The molecule has 0 spiro atoms. The summed E-state index contributed by atoms with van der Waals surface area (Å²) in [4.78, 5) is 0. The van der Waals surface area contributed by atoms with Gasteiger partial charge in [-0.1, -0.05) is 54.6 Å². The van der Waals surface area contributed by atoms with E-state index in [1.165, 1.54) is 21.5 Å². The van der Waals surface area contributed by atoms with Gasteiger partial charge < -0.3 is 10.2 Å². The number of aliphatic hydroxyl groups excluding tert-OH is 2. The van der Waals surface area contributed by atoms with Gasteiger partial charge in [0.2, 0.25) is 0 Å². The van der Waals surface area contributed by atoms with Crippen molar-refractivity contribution in [3.8, 4) is 0 Å². The average molecular weight is 288 g/mol. The molecule has 0 radical (unpaired) electrons. The highest BCUT2D eigenvalue weighted by Crippen LogP contribution is 2.41. The predicted molar refractivity (Wildman–Crippen MR) is 90.1 cm³/mol. The monoisotopic (exact) mass is 288 g/mol. The molecule has 2 nitrogen and oxygen atoms in total. The number of hydrogen-bond donors (Lipinski definition) is 2. The molecule has 1 aliphatic rings. The van der Waals surface area contributed by atoms with Gasteiger partial charge >= 0.3 is 0 Å². The maximum absolute atomic E-state index is 10.3. The van der Waals surface area contributed by atoms with E-state index in [2.05, 4.69) is 42.5 Å². The minimum absolute atomic E-state index is 0.806. The van der Waals surface area contributed by atoms with Crippen LogP contribution in [0.3, 0.4) is 0 Å². The fraction of sp³-hybridized carbons (Fsp3) is 0.100. The summed E-state index contributed by atoms with van der Waals surface area (Å²) < 4.78 is 0. The molecule has 0 saturated carbocycles.